The zero-order valence-corrected chi connectivity index (χ0v) is 27.6. The number of benzene rings is 3. The Morgan fingerprint density at radius 2 is 1.39 bits per heavy atom. The molecule has 1 aliphatic rings. The highest BCUT2D eigenvalue weighted by Crippen LogP contribution is 2.29. The molecule has 1 amide bonds. The van der Waals surface area contributed by atoms with Crippen LogP contribution in [0.3, 0.4) is 0 Å². The van der Waals surface area contributed by atoms with Crippen molar-refractivity contribution in [2.75, 3.05) is 45.5 Å². The van der Waals surface area contributed by atoms with Crippen LogP contribution in [0.5, 0.6) is 0 Å². The van der Waals surface area contributed by atoms with Gasteiger partial charge in [0, 0.05) is 57.7 Å². The Balaban J connectivity index is 1.56. The Kier molecular flexibility index (Phi) is 10.1. The number of aliphatic carboxylic acids is 1. The van der Waals surface area contributed by atoms with E-state index in [1.807, 2.05) is 42.8 Å². The molecular weight excluding hydrogens is 629 g/mol. The summed E-state index contributed by atoms with van der Waals surface area (Å²) < 4.78 is 58.5. The Bertz CT molecular complexity index is 1920. The molecule has 1 fully saturated rings. The smallest absolute Gasteiger partial charge is 0.303 e. The standard InChI is InChI=1S/C33H38N4O7S2/c1-25-14-16-26(17-15-25)46(43,44)37(19-7-13-31(38)39)33(40)32-27-9-3-5-11-29(27)36(30-12-6-4-10-28(30)32)18-8-24-45(41,42)35-22-20-34(2)21-23-35/h3-6,9-12,14-17H,7-8,13,18-24H2,1-2H3/p+1. The number of carboxylic acids is 1. The molecule has 11 nitrogen and oxygen atoms in total. The monoisotopic (exact) mass is 667 g/mol. The van der Waals surface area contributed by atoms with Crippen molar-refractivity contribution in [1.29, 1.82) is 0 Å². The summed E-state index contributed by atoms with van der Waals surface area (Å²) in [6.07, 6.45) is -0.0269. The van der Waals surface area contributed by atoms with Crippen LogP contribution in [0.1, 0.15) is 35.2 Å². The number of nitrogens with zero attached hydrogens (tertiary/aromatic N) is 4. The van der Waals surface area contributed by atoms with E-state index in [4.69, 9.17) is 0 Å². The van der Waals surface area contributed by atoms with Crippen LogP contribution in [0.15, 0.2) is 77.7 Å². The van der Waals surface area contributed by atoms with Crippen LogP contribution in [-0.4, -0.2) is 92.9 Å². The fourth-order valence-electron chi connectivity index (χ4n) is 5.85. The van der Waals surface area contributed by atoms with Gasteiger partial charge in [0.2, 0.25) is 21.1 Å². The molecule has 1 aliphatic heterocycles. The highest BCUT2D eigenvalue weighted by atomic mass is 32.2. The van der Waals surface area contributed by atoms with Crippen molar-refractivity contribution in [2.45, 2.75) is 37.6 Å². The molecule has 3 aromatic carbocycles. The molecule has 1 N–H and O–H groups in total. The summed E-state index contributed by atoms with van der Waals surface area (Å²) in [7, 11) is -5.83. The number of hydrogen-bond donors (Lipinski definition) is 1. The predicted octanol–water partition coefficient (Wildman–Crippen LogP) is 3.25. The molecule has 46 heavy (non-hydrogen) atoms. The van der Waals surface area contributed by atoms with Crippen molar-refractivity contribution in [3.05, 3.63) is 83.9 Å². The second-order valence-electron chi connectivity index (χ2n) is 11.6. The number of likely N-dealkylation sites (N-methyl/N-ethyl adjacent to an activating group) is 1. The van der Waals surface area contributed by atoms with Crippen LogP contribution >= 0.6 is 0 Å². The molecule has 1 aromatic heterocycles. The van der Waals surface area contributed by atoms with Gasteiger partial charge >= 0.3 is 5.97 Å². The maximum Gasteiger partial charge on any atom is 0.303 e. The average molecular weight is 668 g/mol. The van der Waals surface area contributed by atoms with Gasteiger partial charge in [0.25, 0.3) is 15.9 Å². The summed E-state index contributed by atoms with van der Waals surface area (Å²) >= 11 is 0. The van der Waals surface area contributed by atoms with Gasteiger partial charge in [-0.05, 0) is 44.7 Å². The van der Waals surface area contributed by atoms with Gasteiger partial charge in [0.15, 0.2) is 6.54 Å². The number of aromatic nitrogens is 1. The van der Waals surface area contributed by atoms with Crippen LogP contribution in [0.4, 0.5) is 0 Å². The van der Waals surface area contributed by atoms with Crippen molar-refractivity contribution < 1.29 is 36.1 Å². The minimum absolute atomic E-state index is 0.0286. The number of para-hydroxylation sites is 2. The summed E-state index contributed by atoms with van der Waals surface area (Å²) in [6.45, 7) is 4.16. The van der Waals surface area contributed by atoms with E-state index >= 15 is 0 Å². The first-order chi connectivity index (χ1) is 21.9. The molecule has 4 aromatic rings. The van der Waals surface area contributed by atoms with Gasteiger partial charge in [0.1, 0.15) is 0 Å². The third-order valence-electron chi connectivity index (χ3n) is 8.37. The zero-order valence-electron chi connectivity index (χ0n) is 26.0. The predicted molar refractivity (Wildman–Crippen MR) is 175 cm³/mol. The van der Waals surface area contributed by atoms with E-state index in [9.17, 15) is 31.5 Å². The Labute approximate surface area is 269 Å². The van der Waals surface area contributed by atoms with E-state index in [0.29, 0.717) is 61.0 Å². The number of fused-ring (bicyclic) bond motifs is 2. The summed E-state index contributed by atoms with van der Waals surface area (Å²) in [5, 5.41) is 10.3. The molecule has 0 atom stereocenters. The lowest BCUT2D eigenvalue weighted by Gasteiger charge is -2.31. The number of piperazine rings is 1. The summed E-state index contributed by atoms with van der Waals surface area (Å²) in [5.41, 5.74) is 2.33. The summed E-state index contributed by atoms with van der Waals surface area (Å²) in [5.74, 6) is -1.88. The molecule has 0 spiro atoms. The molecular formula is C33H39N4O7S2+. The third-order valence-corrected chi connectivity index (χ3v) is 12.1. The highest BCUT2D eigenvalue weighted by Gasteiger charge is 2.34. The van der Waals surface area contributed by atoms with Crippen LogP contribution in [-0.2, 0) is 31.4 Å². The van der Waals surface area contributed by atoms with Crippen molar-refractivity contribution in [2.24, 2.45) is 0 Å². The first kappa shape index (κ1) is 33.5. The van der Waals surface area contributed by atoms with E-state index in [1.54, 1.807) is 40.7 Å². The molecule has 0 bridgehead atoms. The maximum atomic E-state index is 14.5. The lowest BCUT2D eigenvalue weighted by molar-refractivity contribution is -0.645. The molecule has 244 valence electrons. The highest BCUT2D eigenvalue weighted by molar-refractivity contribution is 7.89. The van der Waals surface area contributed by atoms with Crippen LogP contribution < -0.4 is 4.57 Å². The van der Waals surface area contributed by atoms with E-state index in [-0.39, 0.29) is 35.6 Å². The second-order valence-corrected chi connectivity index (χ2v) is 15.6. The minimum Gasteiger partial charge on any atom is -0.481 e. The third kappa shape index (κ3) is 7.07. The number of carboxylic acid groups (broad SMARTS) is 1. The molecule has 0 aliphatic carbocycles. The van der Waals surface area contributed by atoms with Gasteiger partial charge in [-0.3, -0.25) is 9.59 Å². The number of aryl methyl sites for hydroxylation is 2. The van der Waals surface area contributed by atoms with Crippen LogP contribution in [0.2, 0.25) is 0 Å². The molecule has 5 rings (SSSR count). The van der Waals surface area contributed by atoms with Gasteiger partial charge in [-0.1, -0.05) is 42.0 Å². The lowest BCUT2D eigenvalue weighted by atomic mass is 10.0. The van der Waals surface area contributed by atoms with Crippen LogP contribution in [0, 0.1) is 6.92 Å². The molecule has 0 saturated carbocycles. The zero-order chi connectivity index (χ0) is 33.1. The molecule has 13 heteroatoms. The van der Waals surface area contributed by atoms with Gasteiger partial charge in [0.05, 0.1) is 27.0 Å². The number of rotatable bonds is 12. The van der Waals surface area contributed by atoms with Gasteiger partial charge < -0.3 is 10.0 Å². The van der Waals surface area contributed by atoms with Gasteiger partial charge in [-0.15, -0.1) is 0 Å². The number of sulfonamides is 2. The number of hydrogen-bond acceptors (Lipinski definition) is 7. The normalized spacial score (nSPS) is 14.9. The maximum absolute atomic E-state index is 14.5. The van der Waals surface area contributed by atoms with Crippen molar-refractivity contribution in [3.63, 3.8) is 0 Å². The van der Waals surface area contributed by atoms with Crippen molar-refractivity contribution in [3.8, 4) is 0 Å². The van der Waals surface area contributed by atoms with Crippen molar-refractivity contribution >= 4 is 53.7 Å². The van der Waals surface area contributed by atoms with Gasteiger partial charge in [-0.25, -0.2) is 21.1 Å². The Hall–Kier alpha value is -3.91. The quantitative estimate of drug-likeness (QED) is 0.180. The van der Waals surface area contributed by atoms with E-state index in [0.717, 1.165) is 9.87 Å². The van der Waals surface area contributed by atoms with E-state index in [2.05, 4.69) is 4.90 Å². The first-order valence-corrected chi connectivity index (χ1v) is 18.3. The van der Waals surface area contributed by atoms with Crippen molar-refractivity contribution in [1.82, 2.24) is 13.5 Å². The minimum atomic E-state index is -4.35. The Morgan fingerprint density at radius 3 is 1.96 bits per heavy atom. The molecule has 0 unspecified atom stereocenters. The largest absolute Gasteiger partial charge is 0.481 e. The molecule has 1 saturated heterocycles. The number of carbonyl (C=O) groups excluding carboxylic acids is 1. The topological polar surface area (TPSA) is 136 Å². The van der Waals surface area contributed by atoms with Gasteiger partial charge in [-0.2, -0.15) is 8.87 Å². The Morgan fingerprint density at radius 1 is 0.826 bits per heavy atom. The average Bonchev–Trinajstić information content (AvgIpc) is 3.02. The number of amides is 1. The molecule has 0 radical (unpaired) electrons. The fraction of sp³-hybridized carbons (Fsp3) is 0.364. The van der Waals surface area contributed by atoms with E-state index in [1.165, 1.54) is 12.1 Å². The lowest BCUT2D eigenvalue weighted by Crippen LogP contribution is -2.48. The van der Waals surface area contributed by atoms with E-state index < -0.39 is 31.9 Å². The van der Waals surface area contributed by atoms with Crippen LogP contribution in [0.25, 0.3) is 21.8 Å². The SMILES string of the molecule is Cc1ccc(S(=O)(=O)N(CCCC(=O)O)C(=O)c2c3ccccc3[n+](CCCS(=O)(=O)N3CCN(C)CC3)c3ccccc23)cc1. The number of pyridine rings is 1. The molecule has 2 heterocycles. The summed E-state index contributed by atoms with van der Waals surface area (Å²) in [6, 6.07) is 20.5. The summed E-state index contributed by atoms with van der Waals surface area (Å²) in [4.78, 5) is 27.8. The first-order valence-electron chi connectivity index (χ1n) is 15.3. The number of carbonyl (C=O) groups is 2. The fourth-order valence-corrected chi connectivity index (χ4v) is 8.74. The second kappa shape index (κ2) is 13.8.